The number of thiophene rings is 1. The standard InChI is InChI=1S/C14H14INO2S/c15-13-9-11(10-19-13)14(17)16-7-4-8-18-12-5-2-1-3-6-12/h1-3,5-6,9-10H,4,7-8H2,(H,16,17). The Morgan fingerprint density at radius 1 is 1.32 bits per heavy atom. The summed E-state index contributed by atoms with van der Waals surface area (Å²) >= 11 is 3.78. The van der Waals surface area contributed by atoms with Gasteiger partial charge in [-0.2, -0.15) is 0 Å². The first kappa shape index (κ1) is 14.3. The average Bonchev–Trinajstić information content (AvgIpc) is 2.86. The van der Waals surface area contributed by atoms with E-state index < -0.39 is 0 Å². The highest BCUT2D eigenvalue weighted by atomic mass is 127. The van der Waals surface area contributed by atoms with Crippen LogP contribution in [0.15, 0.2) is 41.8 Å². The molecule has 1 heterocycles. The van der Waals surface area contributed by atoms with Crippen molar-refractivity contribution in [2.24, 2.45) is 0 Å². The quantitative estimate of drug-likeness (QED) is 0.608. The molecule has 0 bridgehead atoms. The summed E-state index contributed by atoms with van der Waals surface area (Å²) in [5, 5.41) is 4.76. The molecule has 0 radical (unpaired) electrons. The van der Waals surface area contributed by atoms with Crippen molar-refractivity contribution in [2.45, 2.75) is 6.42 Å². The molecule has 0 unspecified atom stereocenters. The van der Waals surface area contributed by atoms with Gasteiger partial charge in [-0.05, 0) is 47.2 Å². The fourth-order valence-corrected chi connectivity index (χ4v) is 2.84. The zero-order valence-corrected chi connectivity index (χ0v) is 13.2. The number of hydrogen-bond donors (Lipinski definition) is 1. The maximum Gasteiger partial charge on any atom is 0.252 e. The summed E-state index contributed by atoms with van der Waals surface area (Å²) in [6.45, 7) is 1.23. The van der Waals surface area contributed by atoms with Gasteiger partial charge in [-0.1, -0.05) is 18.2 Å². The molecular weight excluding hydrogens is 373 g/mol. The number of halogens is 1. The van der Waals surface area contributed by atoms with E-state index in [1.54, 1.807) is 11.3 Å². The Hall–Kier alpha value is -1.08. The number of benzene rings is 1. The van der Waals surface area contributed by atoms with Gasteiger partial charge in [-0.3, -0.25) is 4.79 Å². The number of carbonyl (C=O) groups is 1. The number of para-hydroxylation sites is 1. The average molecular weight is 387 g/mol. The molecule has 0 atom stereocenters. The minimum Gasteiger partial charge on any atom is -0.494 e. The number of hydrogen-bond acceptors (Lipinski definition) is 3. The van der Waals surface area contributed by atoms with Crippen LogP contribution in [-0.4, -0.2) is 19.1 Å². The maximum atomic E-state index is 11.7. The molecule has 1 aromatic carbocycles. The summed E-state index contributed by atoms with van der Waals surface area (Å²) in [5.41, 5.74) is 0.735. The molecule has 0 saturated heterocycles. The van der Waals surface area contributed by atoms with Gasteiger partial charge >= 0.3 is 0 Å². The van der Waals surface area contributed by atoms with E-state index in [0.717, 1.165) is 20.6 Å². The second kappa shape index (κ2) is 7.49. The van der Waals surface area contributed by atoms with Crippen LogP contribution in [-0.2, 0) is 0 Å². The van der Waals surface area contributed by atoms with Crippen molar-refractivity contribution in [3.63, 3.8) is 0 Å². The Balaban J connectivity index is 1.63. The van der Waals surface area contributed by atoms with Crippen LogP contribution in [0.2, 0.25) is 0 Å². The van der Waals surface area contributed by atoms with Crippen molar-refractivity contribution in [3.8, 4) is 5.75 Å². The molecule has 1 N–H and O–H groups in total. The molecule has 100 valence electrons. The molecule has 3 nitrogen and oxygen atoms in total. The van der Waals surface area contributed by atoms with Crippen molar-refractivity contribution < 1.29 is 9.53 Å². The van der Waals surface area contributed by atoms with Gasteiger partial charge in [0.1, 0.15) is 5.75 Å². The predicted molar refractivity (Wildman–Crippen MR) is 85.9 cm³/mol. The van der Waals surface area contributed by atoms with E-state index in [1.165, 1.54) is 0 Å². The summed E-state index contributed by atoms with van der Waals surface area (Å²) in [4.78, 5) is 11.7. The molecule has 2 aromatic rings. The topological polar surface area (TPSA) is 38.3 Å². The Morgan fingerprint density at radius 2 is 2.11 bits per heavy atom. The summed E-state index contributed by atoms with van der Waals surface area (Å²) in [6, 6.07) is 11.6. The van der Waals surface area contributed by atoms with Crippen molar-refractivity contribution in [1.82, 2.24) is 5.32 Å². The first-order chi connectivity index (χ1) is 9.25. The normalized spacial score (nSPS) is 10.2. The molecular formula is C14H14INO2S. The van der Waals surface area contributed by atoms with Gasteiger partial charge in [0.05, 0.1) is 15.1 Å². The highest BCUT2D eigenvalue weighted by Gasteiger charge is 2.06. The third-order valence-electron chi connectivity index (χ3n) is 2.45. The highest BCUT2D eigenvalue weighted by Crippen LogP contribution is 2.16. The molecule has 0 spiro atoms. The van der Waals surface area contributed by atoms with Crippen LogP contribution < -0.4 is 10.1 Å². The first-order valence-electron chi connectivity index (χ1n) is 5.96. The minimum atomic E-state index is -0.0149. The highest BCUT2D eigenvalue weighted by molar-refractivity contribution is 14.1. The molecule has 5 heteroatoms. The fourth-order valence-electron chi connectivity index (χ4n) is 1.51. The van der Waals surface area contributed by atoms with Crippen LogP contribution in [0.25, 0.3) is 0 Å². The van der Waals surface area contributed by atoms with Crippen LogP contribution in [0.3, 0.4) is 0 Å². The van der Waals surface area contributed by atoms with E-state index in [-0.39, 0.29) is 5.91 Å². The number of nitrogens with one attached hydrogen (secondary N) is 1. The zero-order chi connectivity index (χ0) is 13.5. The van der Waals surface area contributed by atoms with Gasteiger partial charge in [0.25, 0.3) is 5.91 Å². The largest absolute Gasteiger partial charge is 0.494 e. The number of amides is 1. The lowest BCUT2D eigenvalue weighted by atomic mass is 10.3. The van der Waals surface area contributed by atoms with Crippen LogP contribution in [0, 0.1) is 2.88 Å². The van der Waals surface area contributed by atoms with Gasteiger partial charge < -0.3 is 10.1 Å². The maximum absolute atomic E-state index is 11.7. The third-order valence-corrected chi connectivity index (χ3v) is 4.24. The minimum absolute atomic E-state index is 0.0149. The zero-order valence-electron chi connectivity index (χ0n) is 10.3. The molecule has 0 fully saturated rings. The number of carbonyl (C=O) groups excluding carboxylic acids is 1. The SMILES string of the molecule is O=C(NCCCOc1ccccc1)c1csc(I)c1. The lowest BCUT2D eigenvalue weighted by Crippen LogP contribution is -2.25. The summed E-state index contributed by atoms with van der Waals surface area (Å²) < 4.78 is 6.67. The van der Waals surface area contributed by atoms with Gasteiger partial charge in [0.2, 0.25) is 0 Å². The van der Waals surface area contributed by atoms with Crippen molar-refractivity contribution in [3.05, 3.63) is 50.2 Å². The van der Waals surface area contributed by atoms with Gasteiger partial charge in [0.15, 0.2) is 0 Å². The smallest absolute Gasteiger partial charge is 0.252 e. The van der Waals surface area contributed by atoms with Crippen molar-refractivity contribution in [1.29, 1.82) is 0 Å². The number of ether oxygens (including phenoxy) is 1. The van der Waals surface area contributed by atoms with Crippen molar-refractivity contribution in [2.75, 3.05) is 13.2 Å². The molecule has 0 aliphatic heterocycles. The summed E-state index contributed by atoms with van der Waals surface area (Å²) in [5.74, 6) is 0.847. The van der Waals surface area contributed by atoms with Crippen LogP contribution in [0.5, 0.6) is 5.75 Å². The molecule has 0 aliphatic rings. The van der Waals surface area contributed by atoms with Crippen molar-refractivity contribution >= 4 is 39.8 Å². The van der Waals surface area contributed by atoms with Crippen LogP contribution in [0.1, 0.15) is 16.8 Å². The van der Waals surface area contributed by atoms with E-state index in [2.05, 4.69) is 27.9 Å². The summed E-state index contributed by atoms with van der Waals surface area (Å²) in [7, 11) is 0. The molecule has 0 aliphatic carbocycles. The van der Waals surface area contributed by atoms with Gasteiger partial charge in [-0.15, -0.1) is 11.3 Å². The van der Waals surface area contributed by atoms with Gasteiger partial charge in [-0.25, -0.2) is 0 Å². The number of rotatable bonds is 6. The second-order valence-electron chi connectivity index (χ2n) is 3.91. The van der Waals surface area contributed by atoms with E-state index >= 15 is 0 Å². The van der Waals surface area contributed by atoms with E-state index in [4.69, 9.17) is 4.74 Å². The first-order valence-corrected chi connectivity index (χ1v) is 7.91. The van der Waals surface area contributed by atoms with E-state index in [9.17, 15) is 4.79 Å². The molecule has 19 heavy (non-hydrogen) atoms. The Morgan fingerprint density at radius 3 is 2.79 bits per heavy atom. The lowest BCUT2D eigenvalue weighted by molar-refractivity contribution is 0.0952. The summed E-state index contributed by atoms with van der Waals surface area (Å²) in [6.07, 6.45) is 0.794. The predicted octanol–water partition coefficient (Wildman–Crippen LogP) is 3.55. The van der Waals surface area contributed by atoms with Crippen LogP contribution >= 0.6 is 33.9 Å². The Kier molecular flexibility index (Phi) is 5.65. The molecule has 2 rings (SSSR count). The van der Waals surface area contributed by atoms with Gasteiger partial charge in [0, 0.05) is 11.9 Å². The fraction of sp³-hybridized carbons (Fsp3) is 0.214. The Labute approximate surface area is 130 Å². The molecule has 1 aromatic heterocycles. The van der Waals surface area contributed by atoms with E-state index in [0.29, 0.717) is 13.2 Å². The lowest BCUT2D eigenvalue weighted by Gasteiger charge is -2.06. The second-order valence-corrected chi connectivity index (χ2v) is 6.72. The monoisotopic (exact) mass is 387 g/mol. The third kappa shape index (κ3) is 4.83. The van der Waals surface area contributed by atoms with E-state index in [1.807, 2.05) is 41.8 Å². The molecule has 0 saturated carbocycles. The van der Waals surface area contributed by atoms with Crippen LogP contribution in [0.4, 0.5) is 0 Å². The Bertz CT molecular complexity index is 527. The molecule has 1 amide bonds.